The zero-order valence-electron chi connectivity index (χ0n) is 10.8. The van der Waals surface area contributed by atoms with E-state index in [1.54, 1.807) is 11.8 Å². The fraction of sp³-hybridized carbons (Fsp3) is 0.833. The van der Waals surface area contributed by atoms with Gasteiger partial charge in [0.1, 0.15) is 0 Å². The van der Waals surface area contributed by atoms with Crippen LogP contribution < -0.4 is 5.73 Å². The molecule has 102 valence electrons. The number of ether oxygens (including phenoxy) is 1. The van der Waals surface area contributed by atoms with E-state index in [0.717, 1.165) is 0 Å². The second-order valence-corrected chi connectivity index (χ2v) is 5.67. The molecule has 0 aromatic carbocycles. The van der Waals surface area contributed by atoms with Gasteiger partial charge in [-0.15, -0.1) is 0 Å². The fourth-order valence-electron chi connectivity index (χ4n) is 2.72. The average Bonchev–Trinajstić information content (AvgIpc) is 2.83. The molecule has 2 aliphatic rings. The minimum atomic E-state index is -0.838. The smallest absolute Gasteiger partial charge is 0.308 e. The summed E-state index contributed by atoms with van der Waals surface area (Å²) in [5.41, 5.74) is 5.21. The van der Waals surface area contributed by atoms with Gasteiger partial charge in [-0.05, 0) is 12.8 Å². The van der Waals surface area contributed by atoms with Crippen molar-refractivity contribution in [2.75, 3.05) is 26.3 Å². The quantitative estimate of drug-likeness (QED) is 0.696. The topological polar surface area (TPSA) is 92.9 Å². The van der Waals surface area contributed by atoms with Crippen LogP contribution >= 0.6 is 0 Å². The molecule has 6 heteroatoms. The van der Waals surface area contributed by atoms with Crippen molar-refractivity contribution >= 4 is 11.9 Å². The van der Waals surface area contributed by atoms with Gasteiger partial charge < -0.3 is 20.5 Å². The Bertz CT molecular complexity index is 373. The van der Waals surface area contributed by atoms with E-state index in [1.165, 1.54) is 0 Å². The number of amides is 1. The van der Waals surface area contributed by atoms with Crippen LogP contribution in [-0.4, -0.2) is 54.2 Å². The highest BCUT2D eigenvalue weighted by molar-refractivity contribution is 5.85. The minimum absolute atomic E-state index is 0.0198. The maximum Gasteiger partial charge on any atom is 0.308 e. The molecule has 6 nitrogen and oxygen atoms in total. The predicted molar refractivity (Wildman–Crippen MR) is 63.8 cm³/mol. The first-order valence-electron chi connectivity index (χ1n) is 6.21. The van der Waals surface area contributed by atoms with E-state index < -0.39 is 17.3 Å². The number of nitrogens with two attached hydrogens (primary N) is 1. The molecule has 1 amide bonds. The lowest BCUT2D eigenvalue weighted by Gasteiger charge is -2.30. The molecule has 4 unspecified atom stereocenters. The predicted octanol–water partition coefficient (Wildman–Crippen LogP) is -0.471. The van der Waals surface area contributed by atoms with Gasteiger partial charge >= 0.3 is 5.97 Å². The Morgan fingerprint density at radius 2 is 2.11 bits per heavy atom. The molecule has 0 aliphatic carbocycles. The molecule has 0 saturated carbocycles. The Balaban J connectivity index is 2.10. The van der Waals surface area contributed by atoms with Crippen LogP contribution in [0.15, 0.2) is 0 Å². The lowest BCUT2D eigenvalue weighted by atomic mass is 9.84. The number of rotatable bonds is 2. The molecular weight excluding hydrogens is 236 g/mol. The van der Waals surface area contributed by atoms with E-state index in [4.69, 9.17) is 15.6 Å². The summed E-state index contributed by atoms with van der Waals surface area (Å²) in [6.07, 6.45) is 0. The van der Waals surface area contributed by atoms with Crippen molar-refractivity contribution in [3.05, 3.63) is 0 Å². The molecule has 0 spiro atoms. The van der Waals surface area contributed by atoms with Crippen molar-refractivity contribution in [1.29, 1.82) is 0 Å². The Morgan fingerprint density at radius 3 is 2.56 bits per heavy atom. The molecule has 4 atom stereocenters. The van der Waals surface area contributed by atoms with Crippen molar-refractivity contribution in [3.8, 4) is 0 Å². The molecule has 2 aliphatic heterocycles. The summed E-state index contributed by atoms with van der Waals surface area (Å²) >= 11 is 0. The fourth-order valence-corrected chi connectivity index (χ4v) is 2.72. The summed E-state index contributed by atoms with van der Waals surface area (Å²) in [5.74, 6) is -1.41. The van der Waals surface area contributed by atoms with Gasteiger partial charge in [-0.2, -0.15) is 0 Å². The molecule has 2 rings (SSSR count). The lowest BCUT2D eigenvalue weighted by Crippen LogP contribution is -2.51. The minimum Gasteiger partial charge on any atom is -0.481 e. The van der Waals surface area contributed by atoms with Crippen molar-refractivity contribution < 1.29 is 19.4 Å². The van der Waals surface area contributed by atoms with E-state index >= 15 is 0 Å². The third-order valence-electron chi connectivity index (χ3n) is 4.22. The summed E-state index contributed by atoms with van der Waals surface area (Å²) in [7, 11) is 0. The van der Waals surface area contributed by atoms with Gasteiger partial charge in [0, 0.05) is 19.1 Å². The van der Waals surface area contributed by atoms with Crippen LogP contribution in [0.3, 0.4) is 0 Å². The first kappa shape index (κ1) is 13.3. The third kappa shape index (κ3) is 1.99. The van der Waals surface area contributed by atoms with Crippen molar-refractivity contribution in [1.82, 2.24) is 4.90 Å². The maximum atomic E-state index is 12.5. The monoisotopic (exact) mass is 256 g/mol. The van der Waals surface area contributed by atoms with Crippen LogP contribution in [-0.2, 0) is 14.3 Å². The second kappa shape index (κ2) is 4.51. The lowest BCUT2D eigenvalue weighted by molar-refractivity contribution is -0.143. The number of nitrogens with zero attached hydrogens (tertiary/aromatic N) is 1. The molecular formula is C12H20N2O4. The van der Waals surface area contributed by atoms with Crippen LogP contribution in [0, 0.1) is 17.3 Å². The van der Waals surface area contributed by atoms with Gasteiger partial charge in [0.05, 0.1) is 24.5 Å². The Hall–Kier alpha value is -1.14. The number of carboxylic acids is 1. The van der Waals surface area contributed by atoms with Gasteiger partial charge in [-0.1, -0.05) is 6.92 Å². The zero-order chi connectivity index (χ0) is 13.5. The zero-order valence-corrected chi connectivity index (χ0v) is 10.8. The van der Waals surface area contributed by atoms with E-state index in [0.29, 0.717) is 19.8 Å². The third-order valence-corrected chi connectivity index (χ3v) is 4.22. The van der Waals surface area contributed by atoms with E-state index in [9.17, 15) is 9.59 Å². The first-order valence-corrected chi connectivity index (χ1v) is 6.21. The first-order chi connectivity index (χ1) is 8.36. The normalized spacial score (nSPS) is 40.2. The van der Waals surface area contributed by atoms with Crippen LogP contribution in [0.1, 0.15) is 13.8 Å². The summed E-state index contributed by atoms with van der Waals surface area (Å²) in [5, 5.41) is 9.08. The van der Waals surface area contributed by atoms with Crippen LogP contribution in [0.2, 0.25) is 0 Å². The molecule has 18 heavy (non-hydrogen) atoms. The van der Waals surface area contributed by atoms with Crippen LogP contribution in [0.4, 0.5) is 0 Å². The Labute approximate surface area is 106 Å². The van der Waals surface area contributed by atoms with E-state index in [-0.39, 0.29) is 24.4 Å². The summed E-state index contributed by atoms with van der Waals surface area (Å²) < 4.78 is 5.27. The van der Waals surface area contributed by atoms with Gasteiger partial charge in [0.2, 0.25) is 5.91 Å². The van der Waals surface area contributed by atoms with Crippen LogP contribution in [0.25, 0.3) is 0 Å². The van der Waals surface area contributed by atoms with Crippen molar-refractivity contribution in [3.63, 3.8) is 0 Å². The molecule has 0 aromatic heterocycles. The van der Waals surface area contributed by atoms with E-state index in [2.05, 4.69) is 0 Å². The number of likely N-dealkylation sites (tertiary alicyclic amines) is 1. The highest BCUT2D eigenvalue weighted by Crippen LogP contribution is 2.33. The number of aliphatic carboxylic acids is 1. The standard InChI is InChI=1S/C12H20N2O4/c1-7-3-14(4-8(7)10(15)16)11(17)12(2)6-18-5-9(12)13/h7-9H,3-6,13H2,1-2H3,(H,15,16). The second-order valence-electron chi connectivity index (χ2n) is 5.67. The highest BCUT2D eigenvalue weighted by atomic mass is 16.5. The van der Waals surface area contributed by atoms with Gasteiger partial charge in [0.15, 0.2) is 0 Å². The Morgan fingerprint density at radius 1 is 1.44 bits per heavy atom. The molecule has 2 fully saturated rings. The average molecular weight is 256 g/mol. The number of hydrogen-bond donors (Lipinski definition) is 2. The van der Waals surface area contributed by atoms with Crippen molar-refractivity contribution in [2.45, 2.75) is 19.9 Å². The molecule has 2 heterocycles. The molecule has 3 N–H and O–H groups in total. The number of hydrogen-bond acceptors (Lipinski definition) is 4. The van der Waals surface area contributed by atoms with Crippen molar-refractivity contribution in [2.24, 2.45) is 23.0 Å². The number of carbonyl (C=O) groups excluding carboxylic acids is 1. The number of carbonyl (C=O) groups is 2. The van der Waals surface area contributed by atoms with E-state index in [1.807, 2.05) is 6.92 Å². The largest absolute Gasteiger partial charge is 0.481 e. The molecule has 0 aromatic rings. The molecule has 0 bridgehead atoms. The summed E-state index contributed by atoms with van der Waals surface area (Å²) in [6, 6.07) is -0.316. The summed E-state index contributed by atoms with van der Waals surface area (Å²) in [4.78, 5) is 25.1. The van der Waals surface area contributed by atoms with Gasteiger partial charge in [0.25, 0.3) is 0 Å². The summed E-state index contributed by atoms with van der Waals surface area (Å²) in [6.45, 7) is 5.12. The molecule has 2 saturated heterocycles. The highest BCUT2D eigenvalue weighted by Gasteiger charge is 2.49. The van der Waals surface area contributed by atoms with Gasteiger partial charge in [-0.25, -0.2) is 0 Å². The maximum absolute atomic E-state index is 12.5. The Kier molecular flexibility index (Phi) is 3.33. The SMILES string of the molecule is CC1CN(C(=O)C2(C)COCC2N)CC1C(=O)O. The number of carboxylic acid groups (broad SMARTS) is 1. The van der Waals surface area contributed by atoms with Gasteiger partial charge in [-0.3, -0.25) is 9.59 Å². The van der Waals surface area contributed by atoms with Crippen LogP contribution in [0.5, 0.6) is 0 Å². The molecule has 0 radical (unpaired) electrons.